The van der Waals surface area contributed by atoms with Gasteiger partial charge in [0.2, 0.25) is 5.76 Å². The summed E-state index contributed by atoms with van der Waals surface area (Å²) in [5.74, 6) is 2.64. The highest BCUT2D eigenvalue weighted by Crippen LogP contribution is 2.31. The second-order valence-electron chi connectivity index (χ2n) is 6.36. The molecule has 0 aliphatic carbocycles. The Morgan fingerprint density at radius 1 is 1.14 bits per heavy atom. The van der Waals surface area contributed by atoms with Gasteiger partial charge in [0.25, 0.3) is 5.91 Å². The number of carbonyl (C=O) groups is 1. The van der Waals surface area contributed by atoms with E-state index in [-0.39, 0.29) is 5.91 Å². The highest BCUT2D eigenvalue weighted by atomic mass is 16.4. The third-order valence-electron chi connectivity index (χ3n) is 4.98. The number of rotatable bonds is 2. The van der Waals surface area contributed by atoms with E-state index in [2.05, 4.69) is 10.3 Å². The van der Waals surface area contributed by atoms with Crippen LogP contribution in [0.1, 0.15) is 47.8 Å². The maximum absolute atomic E-state index is 12.5. The average Bonchev–Trinajstić information content (AvgIpc) is 2.86. The molecule has 2 saturated heterocycles. The Kier molecular flexibility index (Phi) is 4.29. The van der Waals surface area contributed by atoms with E-state index in [1.54, 1.807) is 6.92 Å². The summed E-state index contributed by atoms with van der Waals surface area (Å²) in [6, 6.07) is 0. The Morgan fingerprint density at radius 3 is 2.33 bits per heavy atom. The first-order valence-electron chi connectivity index (χ1n) is 8.09. The predicted molar refractivity (Wildman–Crippen MR) is 80.2 cm³/mol. The summed E-state index contributed by atoms with van der Waals surface area (Å²) in [6.45, 7) is 7.64. The lowest BCUT2D eigenvalue weighted by Gasteiger charge is -2.37. The van der Waals surface area contributed by atoms with Gasteiger partial charge < -0.3 is 14.6 Å². The Morgan fingerprint density at radius 2 is 1.76 bits per heavy atom. The van der Waals surface area contributed by atoms with Crippen molar-refractivity contribution in [1.82, 2.24) is 15.2 Å². The molecule has 116 valence electrons. The molecular weight excluding hydrogens is 266 g/mol. The highest BCUT2D eigenvalue weighted by Gasteiger charge is 2.31. The number of amides is 1. The van der Waals surface area contributed by atoms with Gasteiger partial charge in [-0.25, -0.2) is 4.98 Å². The zero-order valence-corrected chi connectivity index (χ0v) is 13.0. The molecule has 5 heteroatoms. The lowest BCUT2D eigenvalue weighted by atomic mass is 9.79. The fraction of sp³-hybridized carbons (Fsp3) is 0.750. The van der Waals surface area contributed by atoms with Gasteiger partial charge in [0, 0.05) is 20.0 Å². The fourth-order valence-electron chi connectivity index (χ4n) is 3.76. The highest BCUT2D eigenvalue weighted by molar-refractivity contribution is 5.92. The van der Waals surface area contributed by atoms with Crippen molar-refractivity contribution in [2.45, 2.75) is 39.5 Å². The van der Waals surface area contributed by atoms with Crippen molar-refractivity contribution in [3.8, 4) is 0 Å². The summed E-state index contributed by atoms with van der Waals surface area (Å²) < 4.78 is 5.46. The number of nitrogens with one attached hydrogen (secondary N) is 1. The summed E-state index contributed by atoms with van der Waals surface area (Å²) in [7, 11) is 0. The van der Waals surface area contributed by atoms with Crippen molar-refractivity contribution in [1.29, 1.82) is 0 Å². The number of hydrogen-bond donors (Lipinski definition) is 1. The number of piperidine rings is 2. The number of nitrogens with zero attached hydrogens (tertiary/aromatic N) is 2. The van der Waals surface area contributed by atoms with Crippen LogP contribution in [-0.4, -0.2) is 42.0 Å². The van der Waals surface area contributed by atoms with E-state index in [4.69, 9.17) is 4.42 Å². The minimum atomic E-state index is 0.0110. The van der Waals surface area contributed by atoms with Crippen LogP contribution in [0, 0.1) is 25.7 Å². The second kappa shape index (κ2) is 6.18. The van der Waals surface area contributed by atoms with Crippen molar-refractivity contribution >= 4 is 5.91 Å². The number of aromatic nitrogens is 1. The SMILES string of the molecule is Cc1nc(C)c(C(=O)N2CCC(C3CCNCC3)CC2)o1. The average molecular weight is 291 g/mol. The Balaban J connectivity index is 1.57. The summed E-state index contributed by atoms with van der Waals surface area (Å²) in [4.78, 5) is 18.6. The molecule has 2 aliphatic heterocycles. The third kappa shape index (κ3) is 3.12. The molecule has 1 aromatic heterocycles. The fourth-order valence-corrected chi connectivity index (χ4v) is 3.76. The van der Waals surface area contributed by atoms with Crippen LogP contribution in [0.25, 0.3) is 0 Å². The summed E-state index contributed by atoms with van der Waals surface area (Å²) in [5, 5.41) is 3.43. The van der Waals surface area contributed by atoms with Gasteiger partial charge in [-0.1, -0.05) is 0 Å². The van der Waals surface area contributed by atoms with E-state index >= 15 is 0 Å². The quantitative estimate of drug-likeness (QED) is 0.907. The molecule has 0 unspecified atom stereocenters. The van der Waals surface area contributed by atoms with Crippen molar-refractivity contribution in [2.75, 3.05) is 26.2 Å². The molecule has 3 rings (SSSR count). The summed E-state index contributed by atoms with van der Waals surface area (Å²) >= 11 is 0. The number of likely N-dealkylation sites (tertiary alicyclic amines) is 1. The maximum Gasteiger partial charge on any atom is 0.291 e. The Bertz CT molecular complexity index is 498. The number of oxazole rings is 1. The van der Waals surface area contributed by atoms with Crippen LogP contribution < -0.4 is 5.32 Å². The summed E-state index contributed by atoms with van der Waals surface area (Å²) in [5.41, 5.74) is 0.706. The predicted octanol–water partition coefficient (Wildman–Crippen LogP) is 2.14. The minimum absolute atomic E-state index is 0.0110. The lowest BCUT2D eigenvalue weighted by Crippen LogP contribution is -2.42. The second-order valence-corrected chi connectivity index (χ2v) is 6.36. The Hall–Kier alpha value is -1.36. The first-order valence-corrected chi connectivity index (χ1v) is 8.09. The van der Waals surface area contributed by atoms with Crippen LogP contribution in [-0.2, 0) is 0 Å². The summed E-state index contributed by atoms with van der Waals surface area (Å²) in [6.07, 6.45) is 4.84. The van der Waals surface area contributed by atoms with Crippen LogP contribution in [0.4, 0.5) is 0 Å². The molecule has 1 N–H and O–H groups in total. The zero-order valence-electron chi connectivity index (χ0n) is 13.0. The van der Waals surface area contributed by atoms with Crippen molar-refractivity contribution in [3.63, 3.8) is 0 Å². The molecule has 0 aromatic carbocycles. The first-order chi connectivity index (χ1) is 10.1. The van der Waals surface area contributed by atoms with Gasteiger partial charge in [0.15, 0.2) is 5.89 Å². The molecule has 0 bridgehead atoms. The number of hydrogen-bond acceptors (Lipinski definition) is 4. The molecule has 21 heavy (non-hydrogen) atoms. The van der Waals surface area contributed by atoms with E-state index in [0.29, 0.717) is 17.3 Å². The van der Waals surface area contributed by atoms with E-state index in [0.717, 1.165) is 50.9 Å². The van der Waals surface area contributed by atoms with E-state index in [1.807, 2.05) is 11.8 Å². The monoisotopic (exact) mass is 291 g/mol. The molecule has 0 radical (unpaired) electrons. The van der Waals surface area contributed by atoms with Gasteiger partial charge in [0.05, 0.1) is 5.69 Å². The molecule has 3 heterocycles. The molecule has 0 atom stereocenters. The van der Waals surface area contributed by atoms with Gasteiger partial charge >= 0.3 is 0 Å². The van der Waals surface area contributed by atoms with Crippen molar-refractivity contribution in [2.24, 2.45) is 11.8 Å². The van der Waals surface area contributed by atoms with Crippen LogP contribution >= 0.6 is 0 Å². The van der Waals surface area contributed by atoms with Crippen LogP contribution in [0.5, 0.6) is 0 Å². The molecule has 2 fully saturated rings. The van der Waals surface area contributed by atoms with E-state index < -0.39 is 0 Å². The van der Waals surface area contributed by atoms with Gasteiger partial charge in [0.1, 0.15) is 0 Å². The lowest BCUT2D eigenvalue weighted by molar-refractivity contribution is 0.0609. The largest absolute Gasteiger partial charge is 0.436 e. The van der Waals surface area contributed by atoms with Crippen molar-refractivity contribution < 1.29 is 9.21 Å². The third-order valence-corrected chi connectivity index (χ3v) is 4.98. The van der Waals surface area contributed by atoms with Gasteiger partial charge in [-0.05, 0) is 57.5 Å². The molecule has 1 aromatic rings. The van der Waals surface area contributed by atoms with Crippen LogP contribution in [0.15, 0.2) is 4.42 Å². The zero-order chi connectivity index (χ0) is 14.8. The normalized spacial score (nSPS) is 21.7. The van der Waals surface area contributed by atoms with Crippen LogP contribution in [0.3, 0.4) is 0 Å². The molecule has 2 aliphatic rings. The number of aryl methyl sites for hydroxylation is 2. The number of carbonyl (C=O) groups excluding carboxylic acids is 1. The van der Waals surface area contributed by atoms with Gasteiger partial charge in [-0.3, -0.25) is 4.79 Å². The molecular formula is C16H25N3O2. The van der Waals surface area contributed by atoms with Crippen LogP contribution in [0.2, 0.25) is 0 Å². The van der Waals surface area contributed by atoms with E-state index in [1.165, 1.54) is 12.8 Å². The molecule has 5 nitrogen and oxygen atoms in total. The van der Waals surface area contributed by atoms with Gasteiger partial charge in [-0.2, -0.15) is 0 Å². The minimum Gasteiger partial charge on any atom is -0.436 e. The standard InChI is InChI=1S/C16H25N3O2/c1-11-15(21-12(2)18-11)16(20)19-9-5-14(6-10-19)13-3-7-17-8-4-13/h13-14,17H,3-10H2,1-2H3. The van der Waals surface area contributed by atoms with E-state index in [9.17, 15) is 4.79 Å². The van der Waals surface area contributed by atoms with Gasteiger partial charge in [-0.15, -0.1) is 0 Å². The molecule has 0 spiro atoms. The Labute approximate surface area is 126 Å². The first kappa shape index (κ1) is 14.6. The maximum atomic E-state index is 12.5. The topological polar surface area (TPSA) is 58.4 Å². The van der Waals surface area contributed by atoms with Crippen molar-refractivity contribution in [3.05, 3.63) is 17.3 Å². The smallest absolute Gasteiger partial charge is 0.291 e. The molecule has 1 amide bonds. The molecule has 0 saturated carbocycles.